The zero-order valence-corrected chi connectivity index (χ0v) is 7.18. The molecule has 2 aromatic carbocycles. The number of rotatable bonds is 0. The molecule has 68 valence electrons. The molecule has 0 spiro atoms. The predicted octanol–water partition coefficient (Wildman–Crippen LogP) is 2.74. The fourth-order valence-electron chi connectivity index (χ4n) is 1.39. The van der Waals surface area contributed by atoms with Gasteiger partial charge in [-0.3, -0.25) is 0 Å². The fraction of sp³-hybridized carbons (Fsp3) is 0. The number of benzene rings is 2. The van der Waals surface area contributed by atoms with Gasteiger partial charge in [0, 0.05) is 16.8 Å². The SMILES string of the molecule is N#[N+]c1ccc2c(O)cccc2c1O. The van der Waals surface area contributed by atoms with Crippen molar-refractivity contribution in [2.24, 2.45) is 0 Å². The van der Waals surface area contributed by atoms with Crippen LogP contribution in [0.15, 0.2) is 30.3 Å². The van der Waals surface area contributed by atoms with Gasteiger partial charge in [-0.1, -0.05) is 12.1 Å². The lowest BCUT2D eigenvalue weighted by Crippen LogP contribution is -1.75. The number of hydrogen-bond donors (Lipinski definition) is 2. The first kappa shape index (κ1) is 8.32. The van der Waals surface area contributed by atoms with Crippen molar-refractivity contribution < 1.29 is 10.2 Å². The number of fused-ring (bicyclic) bond motifs is 1. The van der Waals surface area contributed by atoms with Gasteiger partial charge in [-0.15, -0.1) is 0 Å². The third-order valence-electron chi connectivity index (χ3n) is 2.10. The van der Waals surface area contributed by atoms with Gasteiger partial charge in [-0.25, -0.2) is 0 Å². The summed E-state index contributed by atoms with van der Waals surface area (Å²) in [5.74, 6) is -0.0526. The van der Waals surface area contributed by atoms with Gasteiger partial charge >= 0.3 is 5.69 Å². The topological polar surface area (TPSA) is 68.6 Å². The summed E-state index contributed by atoms with van der Waals surface area (Å²) in [7, 11) is 0. The monoisotopic (exact) mass is 187 g/mol. The predicted molar refractivity (Wildman–Crippen MR) is 52.0 cm³/mol. The Morgan fingerprint density at radius 3 is 2.50 bits per heavy atom. The largest absolute Gasteiger partial charge is 0.507 e. The minimum Gasteiger partial charge on any atom is -0.507 e. The van der Waals surface area contributed by atoms with Crippen LogP contribution < -0.4 is 0 Å². The number of phenols is 2. The van der Waals surface area contributed by atoms with Crippen molar-refractivity contribution in [1.82, 2.24) is 0 Å². The second kappa shape index (κ2) is 2.89. The molecule has 2 aromatic rings. The Morgan fingerprint density at radius 1 is 1.00 bits per heavy atom. The Morgan fingerprint density at radius 2 is 1.79 bits per heavy atom. The van der Waals surface area contributed by atoms with E-state index in [9.17, 15) is 10.2 Å². The van der Waals surface area contributed by atoms with Gasteiger partial charge in [0.1, 0.15) is 5.75 Å². The van der Waals surface area contributed by atoms with Crippen molar-refractivity contribution >= 4 is 16.5 Å². The van der Waals surface area contributed by atoms with Crippen LogP contribution in [0.3, 0.4) is 0 Å². The minimum absolute atomic E-state index is 0.0855. The molecule has 0 atom stereocenters. The molecule has 0 heterocycles. The van der Waals surface area contributed by atoms with Crippen LogP contribution in [0.25, 0.3) is 15.7 Å². The van der Waals surface area contributed by atoms with Crippen molar-refractivity contribution in [2.75, 3.05) is 0 Å². The standard InChI is InChI=1S/C10H6N2O2/c11-12-8-5-4-6-7(10(8)14)2-1-3-9(6)13/h1-5,11H/p+1. The number of phenolic OH excluding ortho intramolecular Hbond substituents is 2. The fourth-order valence-corrected chi connectivity index (χ4v) is 1.39. The molecule has 14 heavy (non-hydrogen) atoms. The van der Waals surface area contributed by atoms with E-state index in [4.69, 9.17) is 5.39 Å². The average molecular weight is 187 g/mol. The molecule has 0 saturated heterocycles. The molecule has 0 amide bonds. The Bertz CT molecular complexity index is 544. The highest BCUT2D eigenvalue weighted by molar-refractivity contribution is 5.96. The molecule has 0 aliphatic heterocycles. The molecule has 0 saturated carbocycles. The summed E-state index contributed by atoms with van der Waals surface area (Å²) in [6.45, 7) is 0. The third kappa shape index (κ3) is 1.04. The van der Waals surface area contributed by atoms with Crippen molar-refractivity contribution in [1.29, 1.82) is 5.39 Å². The Hall–Kier alpha value is -2.28. The van der Waals surface area contributed by atoms with Gasteiger partial charge in [0.2, 0.25) is 11.1 Å². The first-order valence-corrected chi connectivity index (χ1v) is 4.03. The molecule has 0 bridgehead atoms. The molecular weight excluding hydrogens is 180 g/mol. The van der Waals surface area contributed by atoms with E-state index in [-0.39, 0.29) is 17.2 Å². The minimum atomic E-state index is -0.138. The van der Waals surface area contributed by atoms with Crippen LogP contribution in [0, 0.1) is 5.39 Å². The van der Waals surface area contributed by atoms with Crippen molar-refractivity contribution in [3.63, 3.8) is 0 Å². The van der Waals surface area contributed by atoms with E-state index in [0.29, 0.717) is 10.8 Å². The third-order valence-corrected chi connectivity index (χ3v) is 2.10. The molecule has 0 aliphatic carbocycles. The first-order chi connectivity index (χ1) is 6.74. The zero-order chi connectivity index (χ0) is 10.1. The molecular formula is C10H7N2O2+. The van der Waals surface area contributed by atoms with Gasteiger partial charge < -0.3 is 10.2 Å². The van der Waals surface area contributed by atoms with Gasteiger partial charge in [-0.2, -0.15) is 0 Å². The number of hydrogen-bond acceptors (Lipinski definition) is 3. The summed E-state index contributed by atoms with van der Waals surface area (Å²) >= 11 is 0. The van der Waals surface area contributed by atoms with Crippen LogP contribution in [0.2, 0.25) is 0 Å². The molecule has 0 aromatic heterocycles. The summed E-state index contributed by atoms with van der Waals surface area (Å²) in [5.41, 5.74) is 0.0862. The molecule has 2 N–H and O–H groups in total. The van der Waals surface area contributed by atoms with E-state index < -0.39 is 0 Å². The second-order valence-corrected chi connectivity index (χ2v) is 2.91. The lowest BCUT2D eigenvalue weighted by atomic mass is 10.1. The van der Waals surface area contributed by atoms with Crippen molar-refractivity contribution in [3.8, 4) is 11.5 Å². The van der Waals surface area contributed by atoms with Crippen molar-refractivity contribution in [3.05, 3.63) is 35.3 Å². The summed E-state index contributed by atoms with van der Waals surface area (Å²) in [4.78, 5) is 2.92. The Balaban J connectivity index is 2.92. The maximum atomic E-state index is 9.61. The molecule has 0 radical (unpaired) electrons. The highest BCUT2D eigenvalue weighted by atomic mass is 16.3. The lowest BCUT2D eigenvalue weighted by Gasteiger charge is -1.99. The van der Waals surface area contributed by atoms with Crippen LogP contribution in [0.1, 0.15) is 0 Å². The summed E-state index contributed by atoms with van der Waals surface area (Å²) in [6, 6.07) is 7.78. The summed E-state index contributed by atoms with van der Waals surface area (Å²) in [6.07, 6.45) is 0. The second-order valence-electron chi connectivity index (χ2n) is 2.91. The van der Waals surface area contributed by atoms with E-state index in [1.165, 1.54) is 12.1 Å². The number of diazo groups is 1. The molecule has 0 unspecified atom stereocenters. The number of nitrogens with zero attached hydrogens (tertiary/aromatic N) is 2. The molecule has 0 aliphatic rings. The maximum absolute atomic E-state index is 9.61. The first-order valence-electron chi connectivity index (χ1n) is 4.03. The summed E-state index contributed by atoms with van der Waals surface area (Å²) < 4.78 is 0. The molecule has 4 nitrogen and oxygen atoms in total. The number of aromatic hydroxyl groups is 2. The normalized spacial score (nSPS) is 9.93. The van der Waals surface area contributed by atoms with Gasteiger partial charge in [0.25, 0.3) is 0 Å². The lowest BCUT2D eigenvalue weighted by molar-refractivity contribution is 0.477. The van der Waals surface area contributed by atoms with Crippen LogP contribution >= 0.6 is 0 Å². The van der Waals surface area contributed by atoms with Crippen LogP contribution in [0.5, 0.6) is 11.5 Å². The van der Waals surface area contributed by atoms with E-state index in [2.05, 4.69) is 4.98 Å². The van der Waals surface area contributed by atoms with E-state index in [0.717, 1.165) is 0 Å². The van der Waals surface area contributed by atoms with Crippen LogP contribution in [-0.4, -0.2) is 10.2 Å². The maximum Gasteiger partial charge on any atom is 0.426 e. The van der Waals surface area contributed by atoms with Gasteiger partial charge in [-0.05, 0) is 12.1 Å². The summed E-state index contributed by atoms with van der Waals surface area (Å²) in [5, 5.41) is 28.6. The van der Waals surface area contributed by atoms with E-state index >= 15 is 0 Å². The zero-order valence-electron chi connectivity index (χ0n) is 7.18. The van der Waals surface area contributed by atoms with Crippen LogP contribution in [0.4, 0.5) is 5.69 Å². The Labute approximate surface area is 79.7 Å². The van der Waals surface area contributed by atoms with E-state index in [1.54, 1.807) is 18.2 Å². The average Bonchev–Trinajstić information content (AvgIpc) is 2.20. The van der Waals surface area contributed by atoms with Crippen LogP contribution in [-0.2, 0) is 0 Å². The highest BCUT2D eigenvalue weighted by Gasteiger charge is 2.16. The highest BCUT2D eigenvalue weighted by Crippen LogP contribution is 2.37. The smallest absolute Gasteiger partial charge is 0.426 e. The Kier molecular flexibility index (Phi) is 1.72. The molecule has 0 fully saturated rings. The van der Waals surface area contributed by atoms with Gasteiger partial charge in [0.05, 0.1) is 0 Å². The van der Waals surface area contributed by atoms with E-state index in [1.807, 2.05) is 0 Å². The van der Waals surface area contributed by atoms with Gasteiger partial charge in [0.15, 0.2) is 4.98 Å². The molecule has 2 rings (SSSR count). The van der Waals surface area contributed by atoms with Crippen molar-refractivity contribution in [2.45, 2.75) is 0 Å². The quantitative estimate of drug-likeness (QED) is 0.623. The molecule has 4 heteroatoms.